The maximum absolute atomic E-state index is 13.2. The van der Waals surface area contributed by atoms with Crippen molar-refractivity contribution in [1.82, 2.24) is 5.32 Å². The van der Waals surface area contributed by atoms with Crippen molar-refractivity contribution in [1.29, 1.82) is 0 Å². The molecule has 63 heavy (non-hydrogen) atoms. The van der Waals surface area contributed by atoms with Crippen LogP contribution in [-0.4, -0.2) is 46.9 Å². The fourth-order valence-electron chi connectivity index (χ4n) is 8.05. The Kier molecular flexibility index (Phi) is 48.6. The average Bonchev–Trinajstić information content (AvgIpc) is 3.28. The van der Waals surface area contributed by atoms with Crippen LogP contribution in [-0.2, 0) is 14.3 Å². The topological polar surface area (TPSA) is 95.9 Å². The molecule has 3 unspecified atom stereocenters. The summed E-state index contributed by atoms with van der Waals surface area (Å²) in [6.07, 6.45) is 62.8. The summed E-state index contributed by atoms with van der Waals surface area (Å²) in [4.78, 5) is 26.2. The van der Waals surface area contributed by atoms with Gasteiger partial charge in [0.05, 0.1) is 25.2 Å². The Bertz CT molecular complexity index is 1130. The Morgan fingerprint density at radius 1 is 0.476 bits per heavy atom. The highest BCUT2D eigenvalue weighted by atomic mass is 16.5. The summed E-state index contributed by atoms with van der Waals surface area (Å²) >= 11 is 0. The Labute approximate surface area is 390 Å². The molecule has 0 aliphatic heterocycles. The molecule has 0 aromatic heterocycles. The number of ether oxygens (including phenoxy) is 1. The molecule has 0 saturated heterocycles. The predicted molar refractivity (Wildman–Crippen MR) is 273 cm³/mol. The van der Waals surface area contributed by atoms with Crippen LogP contribution in [0.5, 0.6) is 0 Å². The summed E-state index contributed by atoms with van der Waals surface area (Å²) < 4.78 is 5.91. The minimum absolute atomic E-state index is 0.0397. The molecule has 0 aromatic rings. The average molecular weight is 882 g/mol. The van der Waals surface area contributed by atoms with Gasteiger partial charge < -0.3 is 20.3 Å². The van der Waals surface area contributed by atoms with Gasteiger partial charge in [-0.25, -0.2) is 0 Å². The lowest BCUT2D eigenvalue weighted by Crippen LogP contribution is -2.46. The first kappa shape index (κ1) is 60.6. The number of carbonyl (C=O) groups excluding carboxylic acids is 2. The Balaban J connectivity index is 4.65. The van der Waals surface area contributed by atoms with Crippen molar-refractivity contribution in [3.05, 3.63) is 60.8 Å². The summed E-state index contributed by atoms with van der Waals surface area (Å²) in [6, 6.07) is -0.720. The molecule has 3 atom stereocenters. The van der Waals surface area contributed by atoms with Crippen LogP contribution in [0.1, 0.15) is 265 Å². The number of nitrogens with one attached hydrogen (secondary N) is 1. The fraction of sp³-hybridized carbons (Fsp3) is 0.789. The lowest BCUT2D eigenvalue weighted by molar-refractivity contribution is -0.151. The molecule has 0 rings (SSSR count). The van der Waals surface area contributed by atoms with Crippen molar-refractivity contribution in [3.63, 3.8) is 0 Å². The molecule has 366 valence electrons. The van der Waals surface area contributed by atoms with E-state index < -0.39 is 18.2 Å². The molecular formula is C57H103NO5. The van der Waals surface area contributed by atoms with Crippen LogP contribution in [0.4, 0.5) is 0 Å². The second-order valence-corrected chi connectivity index (χ2v) is 18.3. The Morgan fingerprint density at radius 3 is 1.27 bits per heavy atom. The third-order valence-corrected chi connectivity index (χ3v) is 12.1. The van der Waals surface area contributed by atoms with E-state index in [0.29, 0.717) is 19.3 Å². The molecule has 6 nitrogen and oxygen atoms in total. The highest BCUT2D eigenvalue weighted by Gasteiger charge is 2.24. The van der Waals surface area contributed by atoms with Crippen molar-refractivity contribution >= 4 is 11.9 Å². The van der Waals surface area contributed by atoms with Crippen molar-refractivity contribution < 1.29 is 24.5 Å². The van der Waals surface area contributed by atoms with Gasteiger partial charge in [-0.15, -0.1) is 0 Å². The number of esters is 1. The summed E-state index contributed by atoms with van der Waals surface area (Å²) in [7, 11) is 0. The standard InChI is InChI=1S/C57H103NO5/c1-4-7-10-13-16-19-22-25-27-28-30-31-33-36-39-42-45-48-53(63-57(62)50-47-44-41-38-35-24-21-18-15-12-9-6-3)51-56(61)58-54(52-59)55(60)49-46-43-40-37-34-32-29-26-23-20-17-14-11-8-5-2/h7,10,16,19,25,27,30-31,36,39,53-55,59-60H,4-6,8-9,11-15,17-18,20-24,26,28-29,32-35,37-38,40-52H2,1-3H3,(H,58,61)/b10-7-,19-16-,27-25-,31-30-,39-36-. The van der Waals surface area contributed by atoms with E-state index in [1.54, 1.807) is 0 Å². The van der Waals surface area contributed by atoms with Crippen molar-refractivity contribution in [2.75, 3.05) is 6.61 Å². The second kappa shape index (κ2) is 50.6. The summed E-state index contributed by atoms with van der Waals surface area (Å²) in [5.74, 6) is -0.524. The van der Waals surface area contributed by atoms with Crippen LogP contribution in [0.25, 0.3) is 0 Å². The number of aliphatic hydroxyl groups excluding tert-OH is 2. The Hall–Kier alpha value is -2.44. The number of rotatable bonds is 48. The summed E-state index contributed by atoms with van der Waals surface area (Å²) in [5, 5.41) is 23.8. The normalized spacial score (nSPS) is 13.7. The van der Waals surface area contributed by atoms with Gasteiger partial charge in [0.15, 0.2) is 0 Å². The lowest BCUT2D eigenvalue weighted by atomic mass is 10.0. The lowest BCUT2D eigenvalue weighted by Gasteiger charge is -2.24. The second-order valence-electron chi connectivity index (χ2n) is 18.3. The van der Waals surface area contributed by atoms with Crippen LogP contribution in [0.15, 0.2) is 60.8 Å². The zero-order valence-corrected chi connectivity index (χ0v) is 41.7. The first-order valence-corrected chi connectivity index (χ1v) is 27.0. The predicted octanol–water partition coefficient (Wildman–Crippen LogP) is 16.4. The van der Waals surface area contributed by atoms with E-state index in [-0.39, 0.29) is 24.9 Å². The van der Waals surface area contributed by atoms with Crippen LogP contribution in [0.2, 0.25) is 0 Å². The van der Waals surface area contributed by atoms with Crippen LogP contribution >= 0.6 is 0 Å². The van der Waals surface area contributed by atoms with Gasteiger partial charge in [-0.05, 0) is 64.2 Å². The molecule has 0 radical (unpaired) electrons. The number of unbranched alkanes of at least 4 members (excludes halogenated alkanes) is 26. The number of amides is 1. The zero-order valence-electron chi connectivity index (χ0n) is 41.7. The van der Waals surface area contributed by atoms with Gasteiger partial charge >= 0.3 is 5.97 Å². The highest BCUT2D eigenvalue weighted by Crippen LogP contribution is 2.17. The minimum atomic E-state index is -0.803. The quantitative estimate of drug-likeness (QED) is 0.0321. The van der Waals surface area contributed by atoms with Gasteiger partial charge in [0.1, 0.15) is 6.10 Å². The maximum Gasteiger partial charge on any atom is 0.306 e. The molecule has 1 amide bonds. The highest BCUT2D eigenvalue weighted by molar-refractivity contribution is 5.77. The number of aliphatic hydroxyl groups is 2. The molecule has 0 spiro atoms. The van der Waals surface area contributed by atoms with E-state index in [2.05, 4.69) is 86.8 Å². The number of hydrogen-bond acceptors (Lipinski definition) is 5. The van der Waals surface area contributed by atoms with Gasteiger partial charge in [0.2, 0.25) is 5.91 Å². The first-order valence-electron chi connectivity index (χ1n) is 27.0. The van der Waals surface area contributed by atoms with E-state index in [1.807, 2.05) is 0 Å². The SMILES string of the molecule is CC/C=C\C/C=C\C/C=C\C/C=C\C/C=C\CCCC(CC(=O)NC(CO)C(O)CCCCCCCCCCCCCCCCC)OC(=O)CCCCCCCCCCCCCC. The first-order chi connectivity index (χ1) is 31.0. The third kappa shape index (κ3) is 45.9. The molecule has 0 bridgehead atoms. The van der Waals surface area contributed by atoms with E-state index in [0.717, 1.165) is 83.5 Å². The van der Waals surface area contributed by atoms with Gasteiger partial charge in [0, 0.05) is 6.42 Å². The number of allylic oxidation sites excluding steroid dienone is 10. The summed E-state index contributed by atoms with van der Waals surface area (Å²) in [5.41, 5.74) is 0. The van der Waals surface area contributed by atoms with Crippen molar-refractivity contribution in [2.45, 2.75) is 283 Å². The molecule has 0 aliphatic carbocycles. The van der Waals surface area contributed by atoms with Gasteiger partial charge in [-0.1, -0.05) is 248 Å². The molecule has 0 aliphatic rings. The van der Waals surface area contributed by atoms with Crippen LogP contribution in [0.3, 0.4) is 0 Å². The molecule has 3 N–H and O–H groups in total. The number of hydrogen-bond donors (Lipinski definition) is 3. The molecule has 0 saturated carbocycles. The largest absolute Gasteiger partial charge is 0.462 e. The van der Waals surface area contributed by atoms with E-state index in [9.17, 15) is 19.8 Å². The molecule has 0 aromatic carbocycles. The Morgan fingerprint density at radius 2 is 0.857 bits per heavy atom. The maximum atomic E-state index is 13.2. The van der Waals surface area contributed by atoms with Crippen LogP contribution in [0, 0.1) is 0 Å². The van der Waals surface area contributed by atoms with Gasteiger partial charge in [-0.2, -0.15) is 0 Å². The molecule has 0 fully saturated rings. The van der Waals surface area contributed by atoms with E-state index >= 15 is 0 Å². The summed E-state index contributed by atoms with van der Waals surface area (Å²) in [6.45, 7) is 6.36. The molecular weight excluding hydrogens is 779 g/mol. The van der Waals surface area contributed by atoms with Crippen molar-refractivity contribution in [3.8, 4) is 0 Å². The van der Waals surface area contributed by atoms with E-state index in [1.165, 1.54) is 135 Å². The minimum Gasteiger partial charge on any atom is -0.462 e. The van der Waals surface area contributed by atoms with Gasteiger partial charge in [-0.3, -0.25) is 9.59 Å². The number of carbonyl (C=O) groups is 2. The van der Waals surface area contributed by atoms with E-state index in [4.69, 9.17) is 4.74 Å². The monoisotopic (exact) mass is 882 g/mol. The van der Waals surface area contributed by atoms with Crippen LogP contribution < -0.4 is 5.32 Å². The smallest absolute Gasteiger partial charge is 0.306 e. The van der Waals surface area contributed by atoms with Crippen molar-refractivity contribution in [2.24, 2.45) is 0 Å². The fourth-order valence-corrected chi connectivity index (χ4v) is 8.05. The molecule has 0 heterocycles. The third-order valence-electron chi connectivity index (χ3n) is 12.1. The van der Waals surface area contributed by atoms with Gasteiger partial charge in [0.25, 0.3) is 0 Å². The zero-order chi connectivity index (χ0) is 45.9. The molecule has 6 heteroatoms.